The molecule has 0 bridgehead atoms. The molecule has 7 nitrogen and oxygen atoms in total. The third-order valence-electron chi connectivity index (χ3n) is 2.14. The molecular formula is C10H8N2O5. The summed E-state index contributed by atoms with van der Waals surface area (Å²) in [4.78, 5) is 10.8. The second-order valence-corrected chi connectivity index (χ2v) is 3.31. The fourth-order valence-corrected chi connectivity index (χ4v) is 1.36. The SMILES string of the molecule is Nc1cc(-c2cc(C(=O)O)c(O)cc2O)on1. The molecule has 0 aliphatic rings. The largest absolute Gasteiger partial charge is 0.507 e. The zero-order valence-corrected chi connectivity index (χ0v) is 8.41. The molecule has 1 heterocycles. The molecule has 0 aliphatic carbocycles. The highest BCUT2D eigenvalue weighted by Gasteiger charge is 2.17. The number of carboxylic acids is 1. The molecule has 0 aliphatic heterocycles. The monoisotopic (exact) mass is 236 g/mol. The molecule has 0 saturated carbocycles. The van der Waals surface area contributed by atoms with Gasteiger partial charge in [0.2, 0.25) is 0 Å². The number of anilines is 1. The van der Waals surface area contributed by atoms with E-state index in [-0.39, 0.29) is 28.5 Å². The maximum absolute atomic E-state index is 10.8. The molecule has 2 aromatic rings. The fraction of sp³-hybridized carbons (Fsp3) is 0. The molecule has 0 unspecified atom stereocenters. The summed E-state index contributed by atoms with van der Waals surface area (Å²) >= 11 is 0. The molecule has 0 amide bonds. The molecule has 1 aromatic heterocycles. The number of nitrogen functional groups attached to an aromatic ring is 1. The van der Waals surface area contributed by atoms with E-state index >= 15 is 0 Å². The number of nitrogens with two attached hydrogens (primary N) is 1. The Kier molecular flexibility index (Phi) is 2.36. The molecule has 7 heteroatoms. The Hall–Kier alpha value is -2.70. The number of aromatic hydroxyl groups is 2. The summed E-state index contributed by atoms with van der Waals surface area (Å²) in [5, 5.41) is 31.1. The van der Waals surface area contributed by atoms with E-state index in [1.807, 2.05) is 0 Å². The third kappa shape index (κ3) is 1.85. The van der Waals surface area contributed by atoms with Crippen LogP contribution in [0.4, 0.5) is 5.82 Å². The molecule has 88 valence electrons. The van der Waals surface area contributed by atoms with Crippen LogP contribution in [0.1, 0.15) is 10.4 Å². The summed E-state index contributed by atoms with van der Waals surface area (Å²) in [6.45, 7) is 0. The van der Waals surface area contributed by atoms with Crippen molar-refractivity contribution >= 4 is 11.8 Å². The summed E-state index contributed by atoms with van der Waals surface area (Å²) in [6, 6.07) is 3.32. The average molecular weight is 236 g/mol. The van der Waals surface area contributed by atoms with E-state index in [1.54, 1.807) is 0 Å². The second-order valence-electron chi connectivity index (χ2n) is 3.31. The van der Waals surface area contributed by atoms with Crippen molar-refractivity contribution in [2.75, 3.05) is 5.73 Å². The number of rotatable bonds is 2. The molecule has 0 saturated heterocycles. The summed E-state index contributed by atoms with van der Waals surface area (Å²) in [5.41, 5.74) is 5.08. The van der Waals surface area contributed by atoms with Crippen LogP contribution in [-0.4, -0.2) is 26.4 Å². The van der Waals surface area contributed by atoms with E-state index in [2.05, 4.69) is 5.16 Å². The van der Waals surface area contributed by atoms with Gasteiger partial charge in [-0.1, -0.05) is 5.16 Å². The van der Waals surface area contributed by atoms with Crippen molar-refractivity contribution in [1.29, 1.82) is 0 Å². The van der Waals surface area contributed by atoms with Crippen LogP contribution in [0.5, 0.6) is 11.5 Å². The van der Waals surface area contributed by atoms with Crippen molar-refractivity contribution in [2.24, 2.45) is 0 Å². The first-order chi connectivity index (χ1) is 7.99. The van der Waals surface area contributed by atoms with E-state index in [1.165, 1.54) is 6.07 Å². The topological polar surface area (TPSA) is 130 Å². The Bertz CT molecular complexity index is 590. The fourth-order valence-electron chi connectivity index (χ4n) is 1.36. The lowest BCUT2D eigenvalue weighted by molar-refractivity contribution is 0.0694. The molecule has 0 spiro atoms. The van der Waals surface area contributed by atoms with Crippen molar-refractivity contribution < 1.29 is 24.6 Å². The number of carbonyl (C=O) groups is 1. The Morgan fingerprint density at radius 3 is 2.47 bits per heavy atom. The Labute approximate surface area is 94.7 Å². The van der Waals surface area contributed by atoms with E-state index in [4.69, 9.17) is 15.4 Å². The van der Waals surface area contributed by atoms with E-state index < -0.39 is 11.7 Å². The molecule has 5 N–H and O–H groups in total. The molecule has 0 radical (unpaired) electrons. The molecule has 1 aromatic carbocycles. The summed E-state index contributed by atoms with van der Waals surface area (Å²) in [5.74, 6) is -1.97. The minimum Gasteiger partial charge on any atom is -0.507 e. The quantitative estimate of drug-likeness (QED) is 0.612. The summed E-state index contributed by atoms with van der Waals surface area (Å²) in [6.07, 6.45) is 0. The Morgan fingerprint density at radius 2 is 1.94 bits per heavy atom. The van der Waals surface area contributed by atoms with Crippen LogP contribution in [-0.2, 0) is 0 Å². The van der Waals surface area contributed by atoms with Gasteiger partial charge in [-0.05, 0) is 6.07 Å². The van der Waals surface area contributed by atoms with Crippen LogP contribution in [0.3, 0.4) is 0 Å². The van der Waals surface area contributed by atoms with Gasteiger partial charge in [-0.15, -0.1) is 0 Å². The average Bonchev–Trinajstić information content (AvgIpc) is 2.64. The molecule has 0 fully saturated rings. The maximum atomic E-state index is 10.8. The van der Waals surface area contributed by atoms with Gasteiger partial charge in [0.15, 0.2) is 11.6 Å². The van der Waals surface area contributed by atoms with Gasteiger partial charge >= 0.3 is 5.97 Å². The third-order valence-corrected chi connectivity index (χ3v) is 2.14. The first-order valence-corrected chi connectivity index (χ1v) is 4.51. The van der Waals surface area contributed by atoms with Crippen LogP contribution in [0.25, 0.3) is 11.3 Å². The molecule has 17 heavy (non-hydrogen) atoms. The second kappa shape index (κ2) is 3.71. The predicted molar refractivity (Wildman–Crippen MR) is 56.6 cm³/mol. The van der Waals surface area contributed by atoms with Crippen molar-refractivity contribution in [2.45, 2.75) is 0 Å². The number of benzene rings is 1. The van der Waals surface area contributed by atoms with Gasteiger partial charge in [0.25, 0.3) is 0 Å². The van der Waals surface area contributed by atoms with Crippen molar-refractivity contribution in [1.82, 2.24) is 5.16 Å². The lowest BCUT2D eigenvalue weighted by atomic mass is 10.1. The van der Waals surface area contributed by atoms with E-state index in [0.29, 0.717) is 0 Å². The number of phenols is 2. The van der Waals surface area contributed by atoms with Crippen LogP contribution in [0.2, 0.25) is 0 Å². The van der Waals surface area contributed by atoms with Crippen LogP contribution in [0.15, 0.2) is 22.7 Å². The van der Waals surface area contributed by atoms with E-state index in [0.717, 1.165) is 12.1 Å². The number of carboxylic acid groups (broad SMARTS) is 1. The highest BCUT2D eigenvalue weighted by molar-refractivity contribution is 5.93. The minimum atomic E-state index is -1.32. The number of aromatic nitrogens is 1. The van der Waals surface area contributed by atoms with Crippen molar-refractivity contribution in [3.63, 3.8) is 0 Å². The van der Waals surface area contributed by atoms with Crippen LogP contribution < -0.4 is 5.73 Å². The normalized spacial score (nSPS) is 10.4. The zero-order valence-electron chi connectivity index (χ0n) is 8.41. The van der Waals surface area contributed by atoms with Crippen molar-refractivity contribution in [3.8, 4) is 22.8 Å². The standard InChI is InChI=1S/C10H8N2O5/c11-9-3-8(17-12-9)4-1-5(10(15)16)7(14)2-6(4)13/h1-3,13-14H,(H2,11,12)(H,15,16). The van der Waals surface area contributed by atoms with Gasteiger partial charge in [-0.2, -0.15) is 0 Å². The molecule has 2 rings (SSSR count). The first-order valence-electron chi connectivity index (χ1n) is 4.51. The number of hydrogen-bond acceptors (Lipinski definition) is 6. The molecular weight excluding hydrogens is 228 g/mol. The Morgan fingerprint density at radius 1 is 1.24 bits per heavy atom. The number of aromatic carboxylic acids is 1. The lowest BCUT2D eigenvalue weighted by Crippen LogP contribution is -1.97. The zero-order chi connectivity index (χ0) is 12.6. The number of phenolic OH excluding ortho intramolecular Hbond substituents is 1. The summed E-state index contributed by atoms with van der Waals surface area (Å²) in [7, 11) is 0. The van der Waals surface area contributed by atoms with Gasteiger partial charge in [0.1, 0.15) is 17.1 Å². The number of nitrogens with zero attached hydrogens (tertiary/aromatic N) is 1. The lowest BCUT2D eigenvalue weighted by Gasteiger charge is -2.04. The van der Waals surface area contributed by atoms with Crippen LogP contribution >= 0.6 is 0 Å². The van der Waals surface area contributed by atoms with Gasteiger partial charge < -0.3 is 25.6 Å². The van der Waals surface area contributed by atoms with Gasteiger partial charge in [-0.25, -0.2) is 4.79 Å². The predicted octanol–water partition coefficient (Wildman–Crippen LogP) is 1.03. The smallest absolute Gasteiger partial charge is 0.339 e. The summed E-state index contributed by atoms with van der Waals surface area (Å²) < 4.78 is 4.80. The van der Waals surface area contributed by atoms with Crippen LogP contribution in [0, 0.1) is 0 Å². The van der Waals surface area contributed by atoms with Gasteiger partial charge in [-0.3, -0.25) is 0 Å². The minimum absolute atomic E-state index is 0.0874. The van der Waals surface area contributed by atoms with Gasteiger partial charge in [0.05, 0.1) is 5.56 Å². The highest BCUT2D eigenvalue weighted by Crippen LogP contribution is 2.35. The van der Waals surface area contributed by atoms with E-state index in [9.17, 15) is 15.0 Å². The first kappa shape index (κ1) is 10.8. The Balaban J connectivity index is 2.62. The van der Waals surface area contributed by atoms with Crippen molar-refractivity contribution in [3.05, 3.63) is 23.8 Å². The van der Waals surface area contributed by atoms with Gasteiger partial charge in [0, 0.05) is 12.1 Å². The number of hydrogen-bond donors (Lipinski definition) is 4. The molecule has 0 atom stereocenters. The maximum Gasteiger partial charge on any atom is 0.339 e. The highest BCUT2D eigenvalue weighted by atomic mass is 16.5.